The normalized spacial score (nSPS) is 24.4. The molecule has 2 heterocycles. The average Bonchev–Trinajstić information content (AvgIpc) is 2.73. The first-order chi connectivity index (χ1) is 14.4. The summed E-state index contributed by atoms with van der Waals surface area (Å²) in [5, 5.41) is 0. The third-order valence-corrected chi connectivity index (χ3v) is 6.33. The summed E-state index contributed by atoms with van der Waals surface area (Å²) in [5.74, 6) is 0.867. The summed E-state index contributed by atoms with van der Waals surface area (Å²) in [4.78, 5) is 0. The van der Waals surface area contributed by atoms with Gasteiger partial charge in [-0.05, 0) is 48.3 Å². The highest BCUT2D eigenvalue weighted by Gasteiger charge is 2.56. The SMILES string of the molecule is CCC1=COc2ccccc2C12C1=C(C)C=CCC1Oc1cccc(C(F)(F)F)c12. The molecule has 30 heavy (non-hydrogen) atoms. The molecule has 0 bridgehead atoms. The van der Waals surface area contributed by atoms with E-state index in [1.165, 1.54) is 6.07 Å². The molecule has 5 rings (SSSR count). The molecule has 2 aromatic carbocycles. The Labute approximate surface area is 173 Å². The van der Waals surface area contributed by atoms with Crippen LogP contribution in [0.5, 0.6) is 11.5 Å². The van der Waals surface area contributed by atoms with E-state index in [1.807, 2.05) is 50.3 Å². The fourth-order valence-corrected chi connectivity index (χ4v) is 5.25. The number of fused-ring (bicyclic) bond motifs is 6. The highest BCUT2D eigenvalue weighted by atomic mass is 19.4. The Morgan fingerprint density at radius 2 is 1.83 bits per heavy atom. The van der Waals surface area contributed by atoms with E-state index >= 15 is 0 Å². The lowest BCUT2D eigenvalue weighted by atomic mass is 9.57. The Bertz CT molecular complexity index is 1120. The van der Waals surface area contributed by atoms with Gasteiger partial charge in [0.05, 0.1) is 17.2 Å². The molecule has 5 heteroatoms. The number of alkyl halides is 3. The van der Waals surface area contributed by atoms with Gasteiger partial charge in [0.25, 0.3) is 0 Å². The lowest BCUT2D eigenvalue weighted by molar-refractivity contribution is -0.138. The molecule has 0 aromatic heterocycles. The maximum Gasteiger partial charge on any atom is 0.416 e. The van der Waals surface area contributed by atoms with E-state index in [2.05, 4.69) is 0 Å². The second kappa shape index (κ2) is 6.53. The Kier molecular flexibility index (Phi) is 4.14. The summed E-state index contributed by atoms with van der Waals surface area (Å²) in [5.41, 5.74) is 1.77. The number of halogens is 3. The van der Waals surface area contributed by atoms with Gasteiger partial charge in [0, 0.05) is 17.5 Å². The highest BCUT2D eigenvalue weighted by molar-refractivity contribution is 5.71. The van der Waals surface area contributed by atoms with Crippen LogP contribution in [0, 0.1) is 0 Å². The molecule has 0 amide bonds. The summed E-state index contributed by atoms with van der Waals surface area (Å²) in [6.07, 6.45) is 1.98. The molecule has 154 valence electrons. The zero-order chi connectivity index (χ0) is 21.1. The number of ether oxygens (including phenoxy) is 2. The summed E-state index contributed by atoms with van der Waals surface area (Å²) < 4.78 is 55.0. The molecule has 2 aliphatic heterocycles. The molecule has 1 spiro atoms. The van der Waals surface area contributed by atoms with Crippen molar-refractivity contribution < 1.29 is 22.6 Å². The van der Waals surface area contributed by atoms with Gasteiger partial charge in [0.1, 0.15) is 17.6 Å². The third kappa shape index (κ3) is 2.44. The Morgan fingerprint density at radius 1 is 1.07 bits per heavy atom. The number of hydrogen-bond acceptors (Lipinski definition) is 2. The Hall–Kier alpha value is -2.95. The largest absolute Gasteiger partial charge is 0.485 e. The van der Waals surface area contributed by atoms with Crippen molar-refractivity contribution >= 4 is 0 Å². The van der Waals surface area contributed by atoms with Crippen molar-refractivity contribution in [3.63, 3.8) is 0 Å². The van der Waals surface area contributed by atoms with Crippen LogP contribution in [-0.2, 0) is 11.6 Å². The first-order valence-corrected chi connectivity index (χ1v) is 10.1. The quantitative estimate of drug-likeness (QED) is 0.520. The van der Waals surface area contributed by atoms with Crippen molar-refractivity contribution in [2.75, 3.05) is 0 Å². The van der Waals surface area contributed by atoms with E-state index < -0.39 is 17.2 Å². The number of para-hydroxylation sites is 1. The predicted molar refractivity (Wildman–Crippen MR) is 109 cm³/mol. The van der Waals surface area contributed by atoms with Crippen molar-refractivity contribution in [3.8, 4) is 11.5 Å². The smallest absolute Gasteiger partial charge is 0.416 e. The van der Waals surface area contributed by atoms with Crippen molar-refractivity contribution in [3.05, 3.63) is 94.3 Å². The van der Waals surface area contributed by atoms with Crippen LogP contribution in [0.25, 0.3) is 0 Å². The van der Waals surface area contributed by atoms with E-state index in [0.717, 1.165) is 28.3 Å². The van der Waals surface area contributed by atoms with Gasteiger partial charge in [-0.15, -0.1) is 0 Å². The molecule has 1 aliphatic carbocycles. The van der Waals surface area contributed by atoms with Gasteiger partial charge in [-0.25, -0.2) is 0 Å². The molecule has 2 nitrogen and oxygen atoms in total. The number of rotatable bonds is 1. The van der Waals surface area contributed by atoms with Crippen LogP contribution < -0.4 is 9.47 Å². The molecule has 0 radical (unpaired) electrons. The topological polar surface area (TPSA) is 18.5 Å². The van der Waals surface area contributed by atoms with Crippen LogP contribution in [0.15, 0.2) is 77.6 Å². The maximum atomic E-state index is 14.3. The van der Waals surface area contributed by atoms with Crippen LogP contribution in [0.1, 0.15) is 43.4 Å². The highest BCUT2D eigenvalue weighted by Crippen LogP contribution is 2.61. The average molecular weight is 410 g/mol. The van der Waals surface area contributed by atoms with Crippen LogP contribution >= 0.6 is 0 Å². The minimum Gasteiger partial charge on any atom is -0.485 e. The summed E-state index contributed by atoms with van der Waals surface area (Å²) in [6, 6.07) is 11.6. The van der Waals surface area contributed by atoms with Crippen LogP contribution in [-0.4, -0.2) is 6.10 Å². The van der Waals surface area contributed by atoms with Crippen LogP contribution in [0.2, 0.25) is 0 Å². The summed E-state index contributed by atoms with van der Waals surface area (Å²) in [7, 11) is 0. The maximum absolute atomic E-state index is 14.3. The number of allylic oxidation sites excluding steroid dienone is 3. The van der Waals surface area contributed by atoms with Crippen LogP contribution in [0.3, 0.4) is 0 Å². The molecule has 2 atom stereocenters. The molecule has 0 N–H and O–H groups in total. The van der Waals surface area contributed by atoms with Crippen molar-refractivity contribution in [1.29, 1.82) is 0 Å². The minimum absolute atomic E-state index is 0.169. The number of benzene rings is 2. The van der Waals surface area contributed by atoms with Gasteiger partial charge in [0.2, 0.25) is 0 Å². The van der Waals surface area contributed by atoms with Gasteiger partial charge in [-0.1, -0.05) is 43.3 Å². The Morgan fingerprint density at radius 3 is 2.60 bits per heavy atom. The van der Waals surface area contributed by atoms with Gasteiger partial charge < -0.3 is 9.47 Å². The van der Waals surface area contributed by atoms with Gasteiger partial charge in [0.15, 0.2) is 0 Å². The minimum atomic E-state index is -4.51. The molecule has 2 aromatic rings. The van der Waals surface area contributed by atoms with E-state index in [4.69, 9.17) is 9.47 Å². The monoisotopic (exact) mass is 410 g/mol. The van der Waals surface area contributed by atoms with E-state index in [9.17, 15) is 13.2 Å². The second-order valence-electron chi connectivity index (χ2n) is 7.88. The molecular weight excluding hydrogens is 389 g/mol. The zero-order valence-corrected chi connectivity index (χ0v) is 16.7. The van der Waals surface area contributed by atoms with Gasteiger partial charge >= 0.3 is 6.18 Å². The van der Waals surface area contributed by atoms with E-state index in [0.29, 0.717) is 18.6 Å². The van der Waals surface area contributed by atoms with Gasteiger partial charge in [-0.2, -0.15) is 13.2 Å². The second-order valence-corrected chi connectivity index (χ2v) is 7.88. The summed E-state index contributed by atoms with van der Waals surface area (Å²) in [6.45, 7) is 3.91. The predicted octanol–water partition coefficient (Wildman–Crippen LogP) is 6.72. The van der Waals surface area contributed by atoms with Crippen molar-refractivity contribution in [1.82, 2.24) is 0 Å². The summed E-state index contributed by atoms with van der Waals surface area (Å²) >= 11 is 0. The molecular formula is C25H21F3O2. The van der Waals surface area contributed by atoms with E-state index in [-0.39, 0.29) is 17.4 Å². The zero-order valence-electron chi connectivity index (χ0n) is 16.7. The molecule has 0 fully saturated rings. The first-order valence-electron chi connectivity index (χ1n) is 10.1. The van der Waals surface area contributed by atoms with Crippen molar-refractivity contribution in [2.45, 2.75) is 44.4 Å². The Balaban J connectivity index is 2.00. The molecule has 2 unspecified atom stereocenters. The fourth-order valence-electron chi connectivity index (χ4n) is 5.25. The lowest BCUT2D eigenvalue weighted by Crippen LogP contribution is -2.47. The molecule has 0 saturated heterocycles. The third-order valence-electron chi connectivity index (χ3n) is 6.33. The fraction of sp³-hybridized carbons (Fsp3) is 0.280. The standard InChI is InChI=1S/C25H21F3O2/c1-3-16-14-29-19-11-5-4-9-17(19)24(16)22-15(2)8-6-12-20(22)30-21-13-7-10-18(23(21)24)25(26,27)28/h4-11,13-14,20H,3,12H2,1-2H3. The first kappa shape index (κ1) is 19.0. The molecule has 0 saturated carbocycles. The number of hydrogen-bond donors (Lipinski definition) is 0. The van der Waals surface area contributed by atoms with Gasteiger partial charge in [-0.3, -0.25) is 0 Å². The van der Waals surface area contributed by atoms with E-state index in [1.54, 1.807) is 12.3 Å². The van der Waals surface area contributed by atoms with Crippen molar-refractivity contribution in [2.24, 2.45) is 0 Å². The molecule has 3 aliphatic rings. The van der Waals surface area contributed by atoms with Crippen LogP contribution in [0.4, 0.5) is 13.2 Å². The lowest BCUT2D eigenvalue weighted by Gasteiger charge is -2.50.